The Morgan fingerprint density at radius 1 is 1.50 bits per heavy atom. The van der Waals surface area contributed by atoms with Crippen molar-refractivity contribution in [3.63, 3.8) is 0 Å². The van der Waals surface area contributed by atoms with E-state index in [1.54, 1.807) is 0 Å². The molecule has 0 aromatic heterocycles. The molecule has 1 rings (SSSR count). The quantitative estimate of drug-likeness (QED) is 0.417. The predicted molar refractivity (Wildman–Crippen MR) is 29.9 cm³/mol. The molecule has 2 N–H and O–H groups in total. The van der Waals surface area contributed by atoms with E-state index in [-0.39, 0.29) is 5.91 Å². The van der Waals surface area contributed by atoms with Gasteiger partial charge in [0.2, 0.25) is 5.91 Å². The minimum Gasteiger partial charge on any atom is -0.291 e. The summed E-state index contributed by atoms with van der Waals surface area (Å²) in [7, 11) is 0. The van der Waals surface area contributed by atoms with Crippen LogP contribution in [0.25, 0.3) is 0 Å². The van der Waals surface area contributed by atoms with Crippen LogP contribution in [0.2, 0.25) is 0 Å². The number of nitrogens with one attached hydrogen (secondary N) is 2. The first-order valence-electron chi connectivity index (χ1n) is 2.56. The van der Waals surface area contributed by atoms with Gasteiger partial charge in [-0.15, -0.1) is 0 Å². The van der Waals surface area contributed by atoms with Gasteiger partial charge >= 0.3 is 0 Å². The number of rotatable bonds is 0. The van der Waals surface area contributed by atoms with Crippen molar-refractivity contribution in [1.29, 1.82) is 0 Å². The molecule has 44 valence electrons. The van der Waals surface area contributed by atoms with Gasteiger partial charge in [0.05, 0.1) is 0 Å². The van der Waals surface area contributed by atoms with Crippen molar-refractivity contribution < 1.29 is 4.79 Å². The Kier molecular flexibility index (Phi) is 1.64. The summed E-state index contributed by atoms with van der Waals surface area (Å²) in [5, 5.41) is 0. The molecule has 8 heavy (non-hydrogen) atoms. The van der Waals surface area contributed by atoms with Crippen LogP contribution in [0.4, 0.5) is 0 Å². The first-order valence-corrected chi connectivity index (χ1v) is 2.56. The minimum absolute atomic E-state index is 0.0266. The summed E-state index contributed by atoms with van der Waals surface area (Å²) in [5.41, 5.74) is 5.20. The Bertz CT molecular complexity index is 120. The fraction of sp³-hybridized carbons (Fsp3) is 0.400. The van der Waals surface area contributed by atoms with Gasteiger partial charge in [0, 0.05) is 13.0 Å². The molecule has 0 spiro atoms. The fourth-order valence-corrected chi connectivity index (χ4v) is 0.533. The third kappa shape index (κ3) is 1.35. The molecule has 0 bridgehead atoms. The third-order valence-corrected chi connectivity index (χ3v) is 0.918. The van der Waals surface area contributed by atoms with Crippen LogP contribution < -0.4 is 10.9 Å². The van der Waals surface area contributed by atoms with Gasteiger partial charge in [0.1, 0.15) is 0 Å². The van der Waals surface area contributed by atoms with Crippen molar-refractivity contribution in [2.45, 2.75) is 6.42 Å². The lowest BCUT2D eigenvalue weighted by Gasteiger charge is -1.96. The molecule has 0 aliphatic carbocycles. The average Bonchev–Trinajstić information content (AvgIpc) is 1.94. The van der Waals surface area contributed by atoms with Gasteiger partial charge in [-0.25, -0.2) is 5.43 Å². The summed E-state index contributed by atoms with van der Waals surface area (Å²) < 4.78 is 0. The van der Waals surface area contributed by atoms with E-state index in [0.717, 1.165) is 6.54 Å². The van der Waals surface area contributed by atoms with Crippen LogP contribution in [0, 0.1) is 0 Å². The number of carbonyl (C=O) groups excluding carboxylic acids is 1. The van der Waals surface area contributed by atoms with Crippen molar-refractivity contribution in [3.05, 3.63) is 12.2 Å². The molecular weight excluding hydrogens is 104 g/mol. The largest absolute Gasteiger partial charge is 0.291 e. The van der Waals surface area contributed by atoms with E-state index in [4.69, 9.17) is 0 Å². The smallest absolute Gasteiger partial charge is 0.237 e. The topological polar surface area (TPSA) is 41.1 Å². The standard InChI is InChI=1S/C5H8N2O/c8-5-3-1-2-4-6-7-5/h1-2,6H,3-4H2,(H,7,8). The fourth-order valence-electron chi connectivity index (χ4n) is 0.533. The summed E-state index contributed by atoms with van der Waals surface area (Å²) in [6.07, 6.45) is 4.25. The molecule has 1 aliphatic heterocycles. The first kappa shape index (κ1) is 5.31. The first-order chi connectivity index (χ1) is 3.89. The second-order valence-electron chi connectivity index (χ2n) is 1.60. The van der Waals surface area contributed by atoms with E-state index in [2.05, 4.69) is 10.9 Å². The molecule has 0 saturated carbocycles. The molecule has 1 heterocycles. The average molecular weight is 112 g/mol. The molecule has 0 atom stereocenters. The lowest BCUT2D eigenvalue weighted by atomic mass is 10.4. The second kappa shape index (κ2) is 2.47. The van der Waals surface area contributed by atoms with Crippen LogP contribution in [0.15, 0.2) is 12.2 Å². The Labute approximate surface area is 47.7 Å². The van der Waals surface area contributed by atoms with E-state index >= 15 is 0 Å². The van der Waals surface area contributed by atoms with Gasteiger partial charge in [-0.3, -0.25) is 10.2 Å². The highest BCUT2D eigenvalue weighted by Crippen LogP contribution is 1.83. The molecule has 0 saturated heterocycles. The van der Waals surface area contributed by atoms with E-state index in [0.29, 0.717) is 6.42 Å². The number of amides is 1. The predicted octanol–water partition coefficient (Wildman–Crippen LogP) is -0.433. The molecule has 3 nitrogen and oxygen atoms in total. The van der Waals surface area contributed by atoms with Gasteiger partial charge in [-0.1, -0.05) is 12.2 Å². The molecular formula is C5H8N2O. The van der Waals surface area contributed by atoms with E-state index in [1.807, 2.05) is 12.2 Å². The minimum atomic E-state index is 0.0266. The summed E-state index contributed by atoms with van der Waals surface area (Å²) in [5.74, 6) is 0.0266. The zero-order valence-corrected chi connectivity index (χ0v) is 4.48. The molecule has 0 unspecified atom stereocenters. The van der Waals surface area contributed by atoms with Crippen molar-refractivity contribution in [3.8, 4) is 0 Å². The third-order valence-electron chi connectivity index (χ3n) is 0.918. The van der Waals surface area contributed by atoms with Gasteiger partial charge < -0.3 is 0 Å². The summed E-state index contributed by atoms with van der Waals surface area (Å²) >= 11 is 0. The maximum atomic E-state index is 10.5. The monoisotopic (exact) mass is 112 g/mol. The van der Waals surface area contributed by atoms with Crippen LogP contribution in [-0.4, -0.2) is 12.5 Å². The Morgan fingerprint density at radius 3 is 3.25 bits per heavy atom. The SMILES string of the molecule is O=C1CC=CCNN1. The number of carbonyl (C=O) groups is 1. The number of hydrazine groups is 1. The Balaban J connectivity index is 2.41. The molecule has 0 aromatic rings. The maximum absolute atomic E-state index is 10.5. The van der Waals surface area contributed by atoms with E-state index in [1.165, 1.54) is 0 Å². The Morgan fingerprint density at radius 2 is 2.38 bits per heavy atom. The van der Waals surface area contributed by atoms with Crippen LogP contribution >= 0.6 is 0 Å². The molecule has 1 aliphatic rings. The highest BCUT2D eigenvalue weighted by atomic mass is 16.2. The zero-order valence-electron chi connectivity index (χ0n) is 4.48. The Hall–Kier alpha value is -0.830. The highest BCUT2D eigenvalue weighted by Gasteiger charge is 1.96. The second-order valence-corrected chi connectivity index (χ2v) is 1.60. The normalized spacial score (nSPS) is 19.8. The van der Waals surface area contributed by atoms with Crippen LogP contribution in [0.3, 0.4) is 0 Å². The zero-order chi connectivity index (χ0) is 5.82. The van der Waals surface area contributed by atoms with Gasteiger partial charge in [-0.05, 0) is 0 Å². The number of hydrogen-bond acceptors (Lipinski definition) is 2. The van der Waals surface area contributed by atoms with E-state index < -0.39 is 0 Å². The summed E-state index contributed by atoms with van der Waals surface area (Å²) in [6, 6.07) is 0. The van der Waals surface area contributed by atoms with Crippen molar-refractivity contribution in [2.75, 3.05) is 6.54 Å². The van der Waals surface area contributed by atoms with E-state index in [9.17, 15) is 4.79 Å². The molecule has 3 heteroatoms. The van der Waals surface area contributed by atoms with Gasteiger partial charge in [-0.2, -0.15) is 0 Å². The lowest BCUT2D eigenvalue weighted by Crippen LogP contribution is -2.35. The van der Waals surface area contributed by atoms with Crippen molar-refractivity contribution in [2.24, 2.45) is 0 Å². The highest BCUT2D eigenvalue weighted by molar-refractivity contribution is 5.77. The summed E-state index contributed by atoms with van der Waals surface area (Å²) in [6.45, 7) is 0.728. The molecule has 0 radical (unpaired) electrons. The van der Waals surface area contributed by atoms with Crippen LogP contribution in [0.1, 0.15) is 6.42 Å². The molecule has 0 fully saturated rings. The maximum Gasteiger partial charge on any atom is 0.237 e. The molecule has 0 aromatic carbocycles. The summed E-state index contributed by atoms with van der Waals surface area (Å²) in [4.78, 5) is 10.5. The van der Waals surface area contributed by atoms with Crippen LogP contribution in [-0.2, 0) is 4.79 Å². The van der Waals surface area contributed by atoms with Gasteiger partial charge in [0.25, 0.3) is 0 Å². The van der Waals surface area contributed by atoms with Crippen molar-refractivity contribution in [1.82, 2.24) is 10.9 Å². The van der Waals surface area contributed by atoms with Crippen LogP contribution in [0.5, 0.6) is 0 Å². The van der Waals surface area contributed by atoms with Crippen molar-refractivity contribution >= 4 is 5.91 Å². The number of hydrogen-bond donors (Lipinski definition) is 2. The van der Waals surface area contributed by atoms with Gasteiger partial charge in [0.15, 0.2) is 0 Å². The molecule has 1 amide bonds. The lowest BCUT2D eigenvalue weighted by molar-refractivity contribution is -0.121.